The number of carbonyl (C=O) groups is 1. The highest BCUT2D eigenvalue weighted by Gasteiger charge is 2.15. The van der Waals surface area contributed by atoms with Crippen LogP contribution in [0.2, 0.25) is 0 Å². The van der Waals surface area contributed by atoms with E-state index in [4.69, 9.17) is 0 Å². The second kappa shape index (κ2) is 9.07. The predicted molar refractivity (Wildman–Crippen MR) is 92.1 cm³/mol. The van der Waals surface area contributed by atoms with E-state index >= 15 is 0 Å². The minimum Gasteiger partial charge on any atom is -0.357 e. The zero-order chi connectivity index (χ0) is 18.2. The van der Waals surface area contributed by atoms with E-state index < -0.39 is 29.0 Å². The van der Waals surface area contributed by atoms with E-state index in [1.807, 2.05) is 23.8 Å². The van der Waals surface area contributed by atoms with Crippen molar-refractivity contribution in [2.45, 2.75) is 13.5 Å². The van der Waals surface area contributed by atoms with Crippen LogP contribution in [-0.2, 0) is 11.3 Å². The zero-order valence-electron chi connectivity index (χ0n) is 13.4. The minimum atomic E-state index is -1.63. The fourth-order valence-corrected chi connectivity index (χ4v) is 2.54. The molecule has 0 aliphatic carbocycles. The normalized spacial score (nSPS) is 11.3. The predicted octanol–water partition coefficient (Wildman–Crippen LogP) is 2.86. The lowest BCUT2D eigenvalue weighted by Crippen LogP contribution is -2.41. The summed E-state index contributed by atoms with van der Waals surface area (Å²) in [4.78, 5) is 16.2. The molecule has 0 saturated carbocycles. The Hall–Kier alpha value is -2.55. The van der Waals surface area contributed by atoms with Gasteiger partial charge in [0.05, 0.1) is 18.8 Å². The second-order valence-corrected chi connectivity index (χ2v) is 5.73. The highest BCUT2D eigenvalue weighted by molar-refractivity contribution is 7.07. The summed E-state index contributed by atoms with van der Waals surface area (Å²) in [5, 5.41) is 11.8. The van der Waals surface area contributed by atoms with Crippen molar-refractivity contribution in [1.82, 2.24) is 10.6 Å². The van der Waals surface area contributed by atoms with E-state index in [1.165, 1.54) is 0 Å². The van der Waals surface area contributed by atoms with Crippen molar-refractivity contribution in [2.24, 2.45) is 4.99 Å². The van der Waals surface area contributed by atoms with E-state index in [9.17, 15) is 18.0 Å². The monoisotopic (exact) mass is 370 g/mol. The van der Waals surface area contributed by atoms with Gasteiger partial charge in [-0.3, -0.25) is 4.79 Å². The van der Waals surface area contributed by atoms with Crippen LogP contribution in [0, 0.1) is 17.5 Å². The summed E-state index contributed by atoms with van der Waals surface area (Å²) < 4.78 is 39.6. The van der Waals surface area contributed by atoms with Gasteiger partial charge in [-0.2, -0.15) is 11.3 Å². The maximum atomic E-state index is 13.5. The van der Waals surface area contributed by atoms with Crippen molar-refractivity contribution < 1.29 is 18.0 Å². The summed E-state index contributed by atoms with van der Waals surface area (Å²) in [7, 11) is 0. The highest BCUT2D eigenvalue weighted by atomic mass is 32.1. The molecule has 0 atom stereocenters. The van der Waals surface area contributed by atoms with E-state index in [0.717, 1.165) is 17.7 Å². The first-order valence-electron chi connectivity index (χ1n) is 7.47. The molecule has 0 unspecified atom stereocenters. The molecule has 25 heavy (non-hydrogen) atoms. The number of hydrogen-bond donors (Lipinski definition) is 3. The lowest BCUT2D eigenvalue weighted by Gasteiger charge is -2.12. The Morgan fingerprint density at radius 1 is 1.16 bits per heavy atom. The maximum Gasteiger partial charge on any atom is 0.243 e. The first-order chi connectivity index (χ1) is 12.0. The van der Waals surface area contributed by atoms with Gasteiger partial charge in [0.1, 0.15) is 0 Å². The molecule has 0 bridgehead atoms. The van der Waals surface area contributed by atoms with Crippen molar-refractivity contribution in [3.05, 3.63) is 52.0 Å². The number of aliphatic imine (C=N–C) groups is 1. The van der Waals surface area contributed by atoms with Crippen LogP contribution in [0.3, 0.4) is 0 Å². The Bertz CT molecular complexity index is 750. The summed E-state index contributed by atoms with van der Waals surface area (Å²) in [6, 6.07) is 3.64. The first-order valence-corrected chi connectivity index (χ1v) is 8.42. The average molecular weight is 370 g/mol. The molecule has 1 amide bonds. The standard InChI is InChI=1S/C16H17F3N4OS/c1-2-20-16(21-7-10-5-6-25-9-10)22-8-13(24)23-12-4-3-11(17)14(18)15(12)19/h3-6,9H,2,7-8H2,1H3,(H,23,24)(H2,20,21,22). The van der Waals surface area contributed by atoms with Gasteiger partial charge >= 0.3 is 0 Å². The number of nitrogens with zero attached hydrogens (tertiary/aromatic N) is 1. The van der Waals surface area contributed by atoms with Crippen molar-refractivity contribution in [1.29, 1.82) is 0 Å². The number of halogens is 3. The average Bonchev–Trinajstić information content (AvgIpc) is 3.11. The van der Waals surface area contributed by atoms with Gasteiger partial charge in [0.15, 0.2) is 23.4 Å². The van der Waals surface area contributed by atoms with E-state index in [2.05, 4.69) is 20.9 Å². The van der Waals surface area contributed by atoms with Crippen molar-refractivity contribution >= 4 is 28.9 Å². The van der Waals surface area contributed by atoms with Crippen molar-refractivity contribution in [3.8, 4) is 0 Å². The van der Waals surface area contributed by atoms with Gasteiger partial charge in [-0.1, -0.05) is 0 Å². The lowest BCUT2D eigenvalue weighted by atomic mass is 10.2. The van der Waals surface area contributed by atoms with Crippen LogP contribution in [0.5, 0.6) is 0 Å². The van der Waals surface area contributed by atoms with Crippen LogP contribution in [0.4, 0.5) is 18.9 Å². The van der Waals surface area contributed by atoms with Gasteiger partial charge in [-0.25, -0.2) is 18.2 Å². The molecule has 0 spiro atoms. The lowest BCUT2D eigenvalue weighted by molar-refractivity contribution is -0.115. The van der Waals surface area contributed by atoms with E-state index in [1.54, 1.807) is 11.3 Å². The zero-order valence-corrected chi connectivity index (χ0v) is 14.2. The Labute approximate surface area is 147 Å². The number of rotatable bonds is 6. The van der Waals surface area contributed by atoms with E-state index in [-0.39, 0.29) is 6.54 Å². The second-order valence-electron chi connectivity index (χ2n) is 4.95. The molecule has 0 radical (unpaired) electrons. The third-order valence-electron chi connectivity index (χ3n) is 3.07. The number of carbonyl (C=O) groups excluding carboxylic acids is 1. The minimum absolute atomic E-state index is 0.214. The Morgan fingerprint density at radius 2 is 1.96 bits per heavy atom. The topological polar surface area (TPSA) is 65.5 Å². The third-order valence-corrected chi connectivity index (χ3v) is 3.80. The van der Waals surface area contributed by atoms with Crippen molar-refractivity contribution in [3.63, 3.8) is 0 Å². The van der Waals surface area contributed by atoms with Crippen LogP contribution >= 0.6 is 11.3 Å². The summed E-state index contributed by atoms with van der Waals surface area (Å²) in [6.07, 6.45) is 0. The van der Waals surface area contributed by atoms with Crippen LogP contribution in [-0.4, -0.2) is 25.0 Å². The van der Waals surface area contributed by atoms with Gasteiger partial charge in [0, 0.05) is 6.54 Å². The smallest absolute Gasteiger partial charge is 0.243 e. The maximum absolute atomic E-state index is 13.5. The Kier molecular flexibility index (Phi) is 6.81. The van der Waals surface area contributed by atoms with Gasteiger partial charge in [-0.15, -0.1) is 0 Å². The quantitative estimate of drug-likeness (QED) is 0.416. The van der Waals surface area contributed by atoms with Gasteiger partial charge in [-0.05, 0) is 41.4 Å². The molecule has 3 N–H and O–H groups in total. The number of hydrogen-bond acceptors (Lipinski definition) is 3. The van der Waals surface area contributed by atoms with Crippen molar-refractivity contribution in [2.75, 3.05) is 18.4 Å². The molecule has 0 fully saturated rings. The van der Waals surface area contributed by atoms with Gasteiger partial charge < -0.3 is 16.0 Å². The fraction of sp³-hybridized carbons (Fsp3) is 0.250. The van der Waals surface area contributed by atoms with Crippen LogP contribution in [0.15, 0.2) is 34.0 Å². The Morgan fingerprint density at radius 3 is 2.64 bits per heavy atom. The number of nitrogens with one attached hydrogen (secondary N) is 3. The molecule has 5 nitrogen and oxygen atoms in total. The number of benzene rings is 1. The highest BCUT2D eigenvalue weighted by Crippen LogP contribution is 2.19. The number of guanidine groups is 1. The molecule has 1 aromatic heterocycles. The van der Waals surface area contributed by atoms with Crippen LogP contribution in [0.25, 0.3) is 0 Å². The summed E-state index contributed by atoms with van der Waals surface area (Å²) >= 11 is 1.56. The number of amides is 1. The molecule has 2 aromatic rings. The van der Waals surface area contributed by atoms with Gasteiger partial charge in [0.2, 0.25) is 5.91 Å². The molecule has 1 heterocycles. The fourth-order valence-electron chi connectivity index (χ4n) is 1.88. The van der Waals surface area contributed by atoms with Crippen LogP contribution < -0.4 is 16.0 Å². The number of thiophene rings is 1. The van der Waals surface area contributed by atoms with Crippen LogP contribution in [0.1, 0.15) is 12.5 Å². The largest absolute Gasteiger partial charge is 0.357 e. The molecule has 0 aliphatic rings. The molecule has 1 aromatic carbocycles. The molecule has 2 rings (SSSR count). The SMILES string of the molecule is CCNC(=NCc1ccsc1)NCC(=O)Nc1ccc(F)c(F)c1F. The van der Waals surface area contributed by atoms with Gasteiger partial charge in [0.25, 0.3) is 0 Å². The molecule has 134 valence electrons. The third kappa shape index (κ3) is 5.49. The summed E-state index contributed by atoms with van der Waals surface area (Å²) in [5.41, 5.74) is 0.612. The summed E-state index contributed by atoms with van der Waals surface area (Å²) in [5.74, 6) is -4.59. The molecule has 0 saturated heterocycles. The summed E-state index contributed by atoms with van der Waals surface area (Å²) in [6.45, 7) is 2.69. The molecule has 9 heteroatoms. The number of anilines is 1. The molecular weight excluding hydrogens is 353 g/mol. The Balaban J connectivity index is 1.92. The first kappa shape index (κ1) is 18.8. The molecule has 0 aliphatic heterocycles. The molecular formula is C16H17F3N4OS. The van der Waals surface area contributed by atoms with E-state index in [0.29, 0.717) is 19.0 Å².